The molecule has 1 aromatic heterocycles. The van der Waals surface area contributed by atoms with E-state index >= 15 is 0 Å². The molecule has 1 aliphatic heterocycles. The maximum Gasteiger partial charge on any atom is 0.573 e. The Morgan fingerprint density at radius 3 is 2.68 bits per heavy atom. The van der Waals surface area contributed by atoms with Gasteiger partial charge in [-0.15, -0.1) is 13.2 Å². The van der Waals surface area contributed by atoms with Crippen LogP contribution in [0.2, 0.25) is 5.02 Å². The van der Waals surface area contributed by atoms with Crippen molar-refractivity contribution in [2.24, 2.45) is 17.3 Å². The molecule has 1 fully saturated rings. The zero-order valence-corrected chi connectivity index (χ0v) is 19.0. The van der Waals surface area contributed by atoms with Gasteiger partial charge in [0.2, 0.25) is 0 Å². The summed E-state index contributed by atoms with van der Waals surface area (Å²) in [5.41, 5.74) is 1.58. The zero-order valence-electron chi connectivity index (χ0n) is 18.3. The van der Waals surface area contributed by atoms with Crippen molar-refractivity contribution in [2.75, 3.05) is 6.54 Å². The molecule has 0 bridgehead atoms. The summed E-state index contributed by atoms with van der Waals surface area (Å²) in [5, 5.41) is 19.7. The van der Waals surface area contributed by atoms with Gasteiger partial charge in [-0.25, -0.2) is 9.88 Å². The number of alkyl halides is 3. The number of aliphatic hydroxyl groups is 1. The summed E-state index contributed by atoms with van der Waals surface area (Å²) in [6.07, 6.45) is -0.0799. The molecule has 7 nitrogen and oxygen atoms in total. The van der Waals surface area contributed by atoms with E-state index in [4.69, 9.17) is 11.6 Å². The highest BCUT2D eigenvalue weighted by molar-refractivity contribution is 6.33. The molecule has 0 radical (unpaired) electrons. The molecule has 180 valence electrons. The number of benzene rings is 2. The molecule has 3 aromatic rings. The van der Waals surface area contributed by atoms with E-state index in [1.807, 2.05) is 11.9 Å². The molecule has 1 saturated heterocycles. The number of rotatable bonds is 6. The quantitative estimate of drug-likeness (QED) is 0.413. The molecule has 2 aromatic carbocycles. The third-order valence-corrected chi connectivity index (χ3v) is 5.79. The number of imidazole rings is 1. The fourth-order valence-electron chi connectivity index (χ4n) is 3.90. The first-order chi connectivity index (χ1) is 16.2. The number of halogens is 4. The number of nitrogens with zero attached hydrogens (tertiary/aromatic N) is 5. The lowest BCUT2D eigenvalue weighted by Crippen LogP contribution is -2.41. The first kappa shape index (κ1) is 24.2. The van der Waals surface area contributed by atoms with Crippen molar-refractivity contribution in [3.63, 3.8) is 0 Å². The van der Waals surface area contributed by atoms with E-state index in [9.17, 15) is 18.3 Å². The standard InChI is InChI=1S/C23H23ClF3N5O2/c1-31-13-19(28-14-31)22(33)32-11-5-4-8-21(32)30-29-15-9-10-16(18(24)12-15)17-6-2-3-7-20(17)34-23(25,26)27/h2-3,6-7,9-10,12-14,21-22,33H,4-5,8,11H2,1H3. The first-order valence-electron chi connectivity index (χ1n) is 10.7. The van der Waals surface area contributed by atoms with Crippen molar-refractivity contribution >= 4 is 17.3 Å². The Bertz CT molecular complexity index is 1170. The topological polar surface area (TPSA) is 75.2 Å². The summed E-state index contributed by atoms with van der Waals surface area (Å²) >= 11 is 6.39. The highest BCUT2D eigenvalue weighted by Gasteiger charge is 2.32. The molecule has 2 atom stereocenters. The van der Waals surface area contributed by atoms with Crippen LogP contribution in [0, 0.1) is 0 Å². The van der Waals surface area contributed by atoms with E-state index in [1.165, 1.54) is 24.3 Å². The molecule has 1 aliphatic rings. The number of azo groups is 1. The Kier molecular flexibility index (Phi) is 7.20. The lowest BCUT2D eigenvalue weighted by Gasteiger charge is -2.35. The summed E-state index contributed by atoms with van der Waals surface area (Å²) in [6, 6.07) is 10.5. The van der Waals surface area contributed by atoms with Gasteiger partial charge < -0.3 is 14.4 Å². The largest absolute Gasteiger partial charge is 0.573 e. The van der Waals surface area contributed by atoms with Crippen molar-refractivity contribution in [3.8, 4) is 16.9 Å². The molecular weight excluding hydrogens is 471 g/mol. The van der Waals surface area contributed by atoms with Gasteiger partial charge in [0.05, 0.1) is 17.0 Å². The van der Waals surface area contributed by atoms with Gasteiger partial charge in [0.25, 0.3) is 0 Å². The molecule has 0 spiro atoms. The van der Waals surface area contributed by atoms with E-state index < -0.39 is 12.6 Å². The molecule has 4 rings (SSSR count). The Balaban J connectivity index is 1.54. The average molecular weight is 494 g/mol. The van der Waals surface area contributed by atoms with Crippen molar-refractivity contribution in [2.45, 2.75) is 38.0 Å². The molecule has 1 N–H and O–H groups in total. The Morgan fingerprint density at radius 1 is 1.18 bits per heavy atom. The number of aliphatic hydroxyl groups excluding tert-OH is 1. The summed E-state index contributed by atoms with van der Waals surface area (Å²) < 4.78 is 44.2. The van der Waals surface area contributed by atoms with Gasteiger partial charge >= 0.3 is 6.36 Å². The van der Waals surface area contributed by atoms with Gasteiger partial charge in [0, 0.05) is 30.9 Å². The van der Waals surface area contributed by atoms with Gasteiger partial charge in [-0.3, -0.25) is 0 Å². The second-order valence-electron chi connectivity index (χ2n) is 7.98. The Hall–Kier alpha value is -2.95. The molecule has 0 amide bonds. The van der Waals surface area contributed by atoms with Gasteiger partial charge in [0.15, 0.2) is 6.23 Å². The molecule has 11 heteroatoms. The Morgan fingerprint density at radius 2 is 1.97 bits per heavy atom. The number of aryl methyl sites for hydroxylation is 1. The first-order valence-corrected chi connectivity index (χ1v) is 11.1. The average Bonchev–Trinajstić information content (AvgIpc) is 3.23. The molecule has 0 aliphatic carbocycles. The molecule has 2 unspecified atom stereocenters. The van der Waals surface area contributed by atoms with Crippen LogP contribution in [0.25, 0.3) is 11.1 Å². The normalized spacial score (nSPS) is 18.4. The van der Waals surface area contributed by atoms with E-state index in [0.717, 1.165) is 19.3 Å². The molecule has 0 saturated carbocycles. The predicted octanol–water partition coefficient (Wildman–Crippen LogP) is 6.23. The molecule has 2 heterocycles. The minimum Gasteiger partial charge on any atom is -0.405 e. The van der Waals surface area contributed by atoms with Gasteiger partial charge in [0.1, 0.15) is 17.6 Å². The second kappa shape index (κ2) is 10.1. The number of ether oxygens (including phenoxy) is 1. The number of likely N-dealkylation sites (tertiary alicyclic amines) is 1. The van der Waals surface area contributed by atoms with E-state index in [-0.39, 0.29) is 22.5 Å². The number of piperidine rings is 1. The highest BCUT2D eigenvalue weighted by atomic mass is 35.5. The fraction of sp³-hybridized carbons (Fsp3) is 0.348. The second-order valence-corrected chi connectivity index (χ2v) is 8.38. The number of para-hydroxylation sites is 1. The van der Waals surface area contributed by atoms with Crippen LogP contribution in [0.5, 0.6) is 5.75 Å². The van der Waals surface area contributed by atoms with Crippen LogP contribution in [0.1, 0.15) is 31.2 Å². The summed E-state index contributed by atoms with van der Waals surface area (Å²) in [4.78, 5) is 6.07. The third-order valence-electron chi connectivity index (χ3n) is 5.48. The lowest BCUT2D eigenvalue weighted by molar-refractivity contribution is -0.274. The monoisotopic (exact) mass is 493 g/mol. The van der Waals surface area contributed by atoms with Crippen molar-refractivity contribution in [1.29, 1.82) is 0 Å². The van der Waals surface area contributed by atoms with Crippen LogP contribution in [-0.4, -0.2) is 38.6 Å². The van der Waals surface area contributed by atoms with E-state index in [0.29, 0.717) is 23.5 Å². The maximum absolute atomic E-state index is 12.8. The predicted molar refractivity (Wildman–Crippen MR) is 121 cm³/mol. The van der Waals surface area contributed by atoms with Crippen LogP contribution < -0.4 is 4.74 Å². The maximum atomic E-state index is 12.8. The summed E-state index contributed by atoms with van der Waals surface area (Å²) in [6.45, 7) is 0.650. The molecular formula is C23H23ClF3N5O2. The zero-order chi connectivity index (χ0) is 24.3. The van der Waals surface area contributed by atoms with Crippen LogP contribution in [0.15, 0.2) is 65.2 Å². The van der Waals surface area contributed by atoms with Crippen LogP contribution in [0.4, 0.5) is 18.9 Å². The number of aromatic nitrogens is 2. The van der Waals surface area contributed by atoms with Gasteiger partial charge in [-0.05, 0) is 37.5 Å². The van der Waals surface area contributed by atoms with E-state index in [1.54, 1.807) is 35.3 Å². The van der Waals surface area contributed by atoms with Crippen molar-refractivity contribution in [3.05, 3.63) is 65.7 Å². The Labute approximate surface area is 199 Å². The summed E-state index contributed by atoms with van der Waals surface area (Å²) in [5.74, 6) is -0.340. The highest BCUT2D eigenvalue weighted by Crippen LogP contribution is 2.39. The van der Waals surface area contributed by atoms with Crippen molar-refractivity contribution < 1.29 is 23.0 Å². The smallest absolute Gasteiger partial charge is 0.405 e. The van der Waals surface area contributed by atoms with Crippen LogP contribution in [0.3, 0.4) is 0 Å². The minimum absolute atomic E-state index is 0.212. The van der Waals surface area contributed by atoms with E-state index in [2.05, 4.69) is 19.9 Å². The fourth-order valence-corrected chi connectivity index (χ4v) is 4.18. The summed E-state index contributed by atoms with van der Waals surface area (Å²) in [7, 11) is 1.83. The number of hydrogen-bond donors (Lipinski definition) is 1. The number of hydrogen-bond acceptors (Lipinski definition) is 6. The minimum atomic E-state index is -4.82. The van der Waals surface area contributed by atoms with Gasteiger partial charge in [-0.2, -0.15) is 10.2 Å². The third kappa shape index (κ3) is 5.75. The molecule has 34 heavy (non-hydrogen) atoms. The van der Waals surface area contributed by atoms with Crippen molar-refractivity contribution in [1.82, 2.24) is 14.5 Å². The lowest BCUT2D eigenvalue weighted by atomic mass is 10.0. The van der Waals surface area contributed by atoms with Gasteiger partial charge in [-0.1, -0.05) is 35.9 Å². The van der Waals surface area contributed by atoms with Crippen LogP contribution >= 0.6 is 11.6 Å². The van der Waals surface area contributed by atoms with Crippen LogP contribution in [-0.2, 0) is 7.05 Å². The SMILES string of the molecule is Cn1cnc(C(O)N2CCCCC2N=Nc2ccc(-c3ccccc3OC(F)(F)F)c(Cl)c2)c1.